The highest BCUT2D eigenvalue weighted by Crippen LogP contribution is 2.25. The van der Waals surface area contributed by atoms with Gasteiger partial charge < -0.3 is 9.84 Å². The molecule has 2 aromatic rings. The maximum Gasteiger partial charge on any atom is 0.241 e. The number of carbonyl (C=O) groups is 1. The molecule has 1 aliphatic rings. The summed E-state index contributed by atoms with van der Waals surface area (Å²) in [7, 11) is -3.62. The Labute approximate surface area is 184 Å². The number of amides is 1. The highest BCUT2D eigenvalue weighted by molar-refractivity contribution is 7.89. The number of aryl methyl sites for hydroxylation is 2. The molecule has 1 aliphatic carbocycles. The van der Waals surface area contributed by atoms with Gasteiger partial charge in [-0.2, -0.15) is 0 Å². The van der Waals surface area contributed by atoms with Gasteiger partial charge in [0.2, 0.25) is 15.9 Å². The van der Waals surface area contributed by atoms with Crippen LogP contribution in [0.15, 0.2) is 27.6 Å². The first-order chi connectivity index (χ1) is 14.8. The molecule has 0 unspecified atom stereocenters. The number of rotatable bonds is 6. The zero-order valence-electron chi connectivity index (χ0n) is 18.4. The maximum atomic E-state index is 13.1. The van der Waals surface area contributed by atoms with Crippen LogP contribution in [-0.2, 0) is 14.8 Å². The van der Waals surface area contributed by atoms with Crippen molar-refractivity contribution in [1.29, 1.82) is 0 Å². The van der Waals surface area contributed by atoms with Gasteiger partial charge in [-0.05, 0) is 50.0 Å². The Balaban J connectivity index is 1.81. The third-order valence-electron chi connectivity index (χ3n) is 5.55. The highest BCUT2D eigenvalue weighted by Gasteiger charge is 2.22. The van der Waals surface area contributed by atoms with Crippen LogP contribution in [0.1, 0.15) is 74.5 Å². The van der Waals surface area contributed by atoms with Crippen LogP contribution >= 0.6 is 0 Å². The lowest BCUT2D eigenvalue weighted by Crippen LogP contribution is -2.35. The Morgan fingerprint density at radius 1 is 1.10 bits per heavy atom. The number of hydrogen-bond donors (Lipinski definition) is 2. The van der Waals surface area contributed by atoms with E-state index in [0.29, 0.717) is 28.3 Å². The van der Waals surface area contributed by atoms with E-state index in [1.807, 2.05) is 6.07 Å². The summed E-state index contributed by atoms with van der Waals surface area (Å²) >= 11 is 0. The van der Waals surface area contributed by atoms with E-state index in [-0.39, 0.29) is 16.8 Å². The molecule has 0 saturated heterocycles. The second-order valence-corrected chi connectivity index (χ2v) is 9.89. The van der Waals surface area contributed by atoms with E-state index in [2.05, 4.69) is 15.2 Å². The van der Waals surface area contributed by atoms with E-state index in [0.717, 1.165) is 25.7 Å². The van der Waals surface area contributed by atoms with Crippen LogP contribution < -0.4 is 10.0 Å². The molecule has 0 radical (unpaired) electrons. The Kier molecular flexibility index (Phi) is 7.67. The van der Waals surface area contributed by atoms with Crippen LogP contribution in [0.5, 0.6) is 0 Å². The Morgan fingerprint density at radius 3 is 2.45 bits per heavy atom. The summed E-state index contributed by atoms with van der Waals surface area (Å²) in [4.78, 5) is 11.7. The first-order valence-electron chi connectivity index (χ1n) is 10.8. The topological polar surface area (TPSA) is 101 Å². The van der Waals surface area contributed by atoms with Crippen LogP contribution in [0.25, 0.3) is 12.2 Å². The van der Waals surface area contributed by atoms with Gasteiger partial charge in [-0.25, -0.2) is 13.1 Å². The molecule has 0 spiro atoms. The zero-order chi connectivity index (χ0) is 22.4. The van der Waals surface area contributed by atoms with E-state index < -0.39 is 10.0 Å². The molecule has 1 saturated carbocycles. The predicted octanol–water partition coefficient (Wildman–Crippen LogP) is 4.81. The Bertz CT molecular complexity index is 1050. The van der Waals surface area contributed by atoms with E-state index in [1.165, 1.54) is 26.2 Å². The fourth-order valence-corrected chi connectivity index (χ4v) is 5.45. The molecule has 0 atom stereocenters. The van der Waals surface area contributed by atoms with Gasteiger partial charge in [0.15, 0.2) is 5.76 Å². The van der Waals surface area contributed by atoms with E-state index in [1.54, 1.807) is 38.1 Å². The zero-order valence-corrected chi connectivity index (χ0v) is 19.2. The summed E-state index contributed by atoms with van der Waals surface area (Å²) in [5.41, 5.74) is 2.50. The molecule has 1 amide bonds. The summed E-state index contributed by atoms with van der Waals surface area (Å²) < 4.78 is 34.4. The Morgan fingerprint density at radius 2 is 1.77 bits per heavy atom. The number of anilines is 1. The summed E-state index contributed by atoms with van der Waals surface area (Å²) in [6.45, 7) is 4.96. The van der Waals surface area contributed by atoms with Gasteiger partial charge in [0, 0.05) is 13.0 Å². The van der Waals surface area contributed by atoms with Crippen molar-refractivity contribution < 1.29 is 17.7 Å². The van der Waals surface area contributed by atoms with Crippen molar-refractivity contribution in [2.45, 2.75) is 76.7 Å². The maximum absolute atomic E-state index is 13.1. The predicted molar refractivity (Wildman–Crippen MR) is 122 cm³/mol. The first-order valence-corrected chi connectivity index (χ1v) is 12.3. The van der Waals surface area contributed by atoms with Crippen molar-refractivity contribution >= 4 is 33.8 Å². The van der Waals surface area contributed by atoms with Crippen molar-refractivity contribution in [1.82, 2.24) is 9.88 Å². The third-order valence-corrected chi connectivity index (χ3v) is 7.21. The second kappa shape index (κ2) is 10.2. The molecule has 31 heavy (non-hydrogen) atoms. The van der Waals surface area contributed by atoms with Crippen molar-refractivity contribution in [3.05, 3.63) is 40.8 Å². The first kappa shape index (κ1) is 23.2. The van der Waals surface area contributed by atoms with Crippen LogP contribution in [0.3, 0.4) is 0 Å². The largest absolute Gasteiger partial charge is 0.354 e. The average molecular weight is 446 g/mol. The normalized spacial score (nSPS) is 16.2. The summed E-state index contributed by atoms with van der Waals surface area (Å²) in [6.07, 6.45) is 10.9. The average Bonchev–Trinajstić information content (AvgIpc) is 3.02. The van der Waals surface area contributed by atoms with E-state index >= 15 is 0 Å². The number of hydrogen-bond acceptors (Lipinski definition) is 5. The molecule has 168 valence electrons. The van der Waals surface area contributed by atoms with Gasteiger partial charge in [-0.15, -0.1) is 0 Å². The summed E-state index contributed by atoms with van der Waals surface area (Å²) in [5, 5.41) is 6.59. The van der Waals surface area contributed by atoms with Gasteiger partial charge >= 0.3 is 0 Å². The van der Waals surface area contributed by atoms with Crippen LogP contribution in [0.2, 0.25) is 0 Å². The molecule has 7 nitrogen and oxygen atoms in total. The fraction of sp³-hybridized carbons (Fsp3) is 0.478. The van der Waals surface area contributed by atoms with Crippen molar-refractivity contribution in [3.8, 4) is 0 Å². The summed E-state index contributed by atoms with van der Waals surface area (Å²) in [6, 6.07) is 5.30. The van der Waals surface area contributed by atoms with Gasteiger partial charge in [0.05, 0.1) is 4.90 Å². The van der Waals surface area contributed by atoms with Gasteiger partial charge in [0.25, 0.3) is 0 Å². The smallest absolute Gasteiger partial charge is 0.241 e. The van der Waals surface area contributed by atoms with Crippen LogP contribution in [-0.4, -0.2) is 25.5 Å². The van der Waals surface area contributed by atoms with E-state index in [9.17, 15) is 13.2 Å². The molecule has 3 rings (SSSR count). The van der Waals surface area contributed by atoms with Crippen molar-refractivity contribution in [2.24, 2.45) is 0 Å². The summed E-state index contributed by atoms with van der Waals surface area (Å²) in [5.74, 6) is 0.190. The molecule has 1 aromatic heterocycles. The third kappa shape index (κ3) is 6.27. The van der Waals surface area contributed by atoms with Gasteiger partial charge in [-0.1, -0.05) is 55.5 Å². The highest BCUT2D eigenvalue weighted by atomic mass is 32.2. The number of nitrogens with zero attached hydrogens (tertiary/aromatic N) is 1. The van der Waals surface area contributed by atoms with Crippen LogP contribution in [0, 0.1) is 13.8 Å². The SMILES string of the molecule is CC(=O)Nc1c(C)noc1C=Cc1ccc(C)c(S(=O)(=O)NC2CCCCCCC2)c1. The lowest BCUT2D eigenvalue weighted by atomic mass is 9.97. The Hall–Kier alpha value is -2.45. The lowest BCUT2D eigenvalue weighted by molar-refractivity contribution is -0.114. The van der Waals surface area contributed by atoms with Crippen molar-refractivity contribution in [3.63, 3.8) is 0 Å². The molecule has 1 fully saturated rings. The fourth-order valence-electron chi connectivity index (χ4n) is 3.87. The number of benzene rings is 1. The van der Waals surface area contributed by atoms with Crippen molar-refractivity contribution in [2.75, 3.05) is 5.32 Å². The number of aromatic nitrogens is 1. The molecule has 0 bridgehead atoms. The molecule has 0 aliphatic heterocycles. The molecular formula is C23H31N3O4S. The van der Waals surface area contributed by atoms with Gasteiger partial charge in [0.1, 0.15) is 11.4 Å². The minimum atomic E-state index is -3.62. The number of nitrogens with one attached hydrogen (secondary N) is 2. The lowest BCUT2D eigenvalue weighted by Gasteiger charge is -2.21. The minimum absolute atomic E-state index is 0.0127. The molecule has 2 N–H and O–H groups in total. The molecule has 1 aromatic carbocycles. The molecular weight excluding hydrogens is 414 g/mol. The monoisotopic (exact) mass is 445 g/mol. The number of sulfonamides is 1. The second-order valence-electron chi connectivity index (χ2n) is 8.21. The van der Waals surface area contributed by atoms with Gasteiger partial charge in [-0.3, -0.25) is 4.79 Å². The number of carbonyl (C=O) groups excluding carboxylic acids is 1. The minimum Gasteiger partial charge on any atom is -0.354 e. The standard InChI is InChI=1S/C23H31N3O4S/c1-16-11-12-19(13-14-21-23(24-18(3)27)17(2)25-30-21)15-22(16)31(28,29)26-20-9-7-5-4-6-8-10-20/h11-15,20,26H,4-10H2,1-3H3,(H,24,27). The van der Waals surface area contributed by atoms with E-state index in [4.69, 9.17) is 4.52 Å². The molecule has 8 heteroatoms. The quantitative estimate of drug-likeness (QED) is 0.664. The van der Waals surface area contributed by atoms with Crippen LogP contribution in [0.4, 0.5) is 5.69 Å². The molecule has 1 heterocycles.